The van der Waals surface area contributed by atoms with Crippen LogP contribution in [0.2, 0.25) is 0 Å². The summed E-state index contributed by atoms with van der Waals surface area (Å²) in [5, 5.41) is 0. The van der Waals surface area contributed by atoms with Crippen LogP contribution in [-0.2, 0) is 9.31 Å². The summed E-state index contributed by atoms with van der Waals surface area (Å²) >= 11 is 0. The van der Waals surface area contributed by atoms with Gasteiger partial charge in [0.1, 0.15) is 5.75 Å². The topological polar surface area (TPSA) is 43.8 Å². The van der Waals surface area contributed by atoms with E-state index in [1.165, 1.54) is 0 Å². The molecule has 0 amide bonds. The second kappa shape index (κ2) is 5.13. The molecule has 1 aliphatic heterocycles. The largest absolute Gasteiger partial charge is 0.514 e. The second-order valence-electron chi connectivity index (χ2n) is 7.38. The number of aromatic nitrogens is 1. The van der Waals surface area contributed by atoms with Gasteiger partial charge in [-0.15, -0.1) is 0 Å². The molecule has 0 atom stereocenters. The summed E-state index contributed by atoms with van der Waals surface area (Å²) in [6.07, 6.45) is 4.42. The highest BCUT2D eigenvalue weighted by Gasteiger charge is 2.52. The van der Waals surface area contributed by atoms with Gasteiger partial charge in [0.05, 0.1) is 34.8 Å². The van der Waals surface area contributed by atoms with Gasteiger partial charge in [0.25, 0.3) is 0 Å². The van der Waals surface area contributed by atoms with Crippen molar-refractivity contribution in [2.45, 2.75) is 57.8 Å². The Hall–Kier alpha value is -1.27. The third-order valence-corrected chi connectivity index (χ3v) is 4.66. The molecule has 2 fully saturated rings. The number of hydrogen-bond donors (Lipinski definition) is 0. The Balaban J connectivity index is 1.88. The molecule has 0 unspecified atom stereocenters. The van der Waals surface area contributed by atoms with E-state index in [0.717, 1.165) is 29.9 Å². The zero-order valence-corrected chi connectivity index (χ0v) is 14.3. The highest BCUT2D eigenvalue weighted by atomic mass is 16.7. The van der Waals surface area contributed by atoms with Crippen LogP contribution in [0.1, 0.15) is 40.5 Å². The lowest BCUT2D eigenvalue weighted by molar-refractivity contribution is 0.00578. The van der Waals surface area contributed by atoms with Gasteiger partial charge in [-0.1, -0.05) is 0 Å². The fourth-order valence-electron chi connectivity index (χ4n) is 2.33. The summed E-state index contributed by atoms with van der Waals surface area (Å²) in [4.78, 5) is 6.54. The molecule has 1 saturated carbocycles. The highest BCUT2D eigenvalue weighted by Crippen LogP contribution is 2.37. The standard InChI is InChI=1S/C16H25BN2O3/c1-15(2)16(3,4)22-17(21-15)14-9-13(20-11-7-8-11)12(10-18-14)19(5)6/h9-11H,7-8H2,1-6H3. The Kier molecular flexibility index (Phi) is 3.65. The normalized spacial score (nSPS) is 22.7. The fraction of sp³-hybridized carbons (Fsp3) is 0.688. The predicted molar refractivity (Wildman–Crippen MR) is 87.9 cm³/mol. The van der Waals surface area contributed by atoms with Crippen molar-refractivity contribution in [3.8, 4) is 5.75 Å². The average Bonchev–Trinajstić information content (AvgIpc) is 3.17. The SMILES string of the molecule is CN(C)c1cnc(B2OC(C)(C)C(C)(C)O2)cc1OC1CC1. The monoisotopic (exact) mass is 304 g/mol. The Morgan fingerprint density at radius 2 is 1.77 bits per heavy atom. The molecule has 2 aliphatic rings. The minimum absolute atomic E-state index is 0.340. The zero-order chi connectivity index (χ0) is 16.1. The van der Waals surface area contributed by atoms with Crippen molar-refractivity contribution in [1.82, 2.24) is 4.98 Å². The summed E-state index contributed by atoms with van der Waals surface area (Å²) in [6.45, 7) is 8.18. The zero-order valence-electron chi connectivity index (χ0n) is 14.3. The number of anilines is 1. The molecule has 6 heteroatoms. The number of pyridine rings is 1. The molecule has 0 N–H and O–H groups in total. The van der Waals surface area contributed by atoms with Crippen LogP contribution in [0, 0.1) is 0 Å². The van der Waals surface area contributed by atoms with E-state index in [-0.39, 0.29) is 11.2 Å². The molecule has 120 valence electrons. The van der Waals surface area contributed by atoms with E-state index in [2.05, 4.69) is 4.98 Å². The molecule has 22 heavy (non-hydrogen) atoms. The van der Waals surface area contributed by atoms with Crippen molar-refractivity contribution in [3.63, 3.8) is 0 Å². The quantitative estimate of drug-likeness (QED) is 0.796. The molecule has 0 bridgehead atoms. The number of rotatable bonds is 4. The first kappa shape index (κ1) is 15.6. The van der Waals surface area contributed by atoms with E-state index >= 15 is 0 Å². The first-order valence-corrected chi connectivity index (χ1v) is 7.89. The lowest BCUT2D eigenvalue weighted by Gasteiger charge is -2.32. The van der Waals surface area contributed by atoms with Gasteiger partial charge in [-0.05, 0) is 40.5 Å². The predicted octanol–water partition coefficient (Wildman–Crippen LogP) is 1.99. The van der Waals surface area contributed by atoms with Crippen LogP contribution in [0.4, 0.5) is 5.69 Å². The molecular formula is C16H25BN2O3. The molecule has 1 aromatic rings. The van der Waals surface area contributed by atoms with Gasteiger partial charge in [-0.2, -0.15) is 0 Å². The van der Waals surface area contributed by atoms with Gasteiger partial charge < -0.3 is 18.9 Å². The smallest absolute Gasteiger partial charge is 0.488 e. The van der Waals surface area contributed by atoms with E-state index in [1.807, 2.05) is 59.0 Å². The highest BCUT2D eigenvalue weighted by molar-refractivity contribution is 6.61. The van der Waals surface area contributed by atoms with Crippen LogP contribution >= 0.6 is 0 Å². The van der Waals surface area contributed by atoms with E-state index in [4.69, 9.17) is 14.0 Å². The van der Waals surface area contributed by atoms with E-state index in [0.29, 0.717) is 6.10 Å². The van der Waals surface area contributed by atoms with Crippen LogP contribution < -0.4 is 15.2 Å². The average molecular weight is 304 g/mol. The molecule has 1 aliphatic carbocycles. The molecule has 1 saturated heterocycles. The molecule has 1 aromatic heterocycles. The third kappa shape index (κ3) is 2.82. The van der Waals surface area contributed by atoms with Crippen LogP contribution in [0.25, 0.3) is 0 Å². The molecule has 0 aromatic carbocycles. The summed E-state index contributed by atoms with van der Waals surface area (Å²) < 4.78 is 18.2. The van der Waals surface area contributed by atoms with Crippen molar-refractivity contribution in [1.29, 1.82) is 0 Å². The van der Waals surface area contributed by atoms with E-state index < -0.39 is 7.12 Å². The summed E-state index contributed by atoms with van der Waals surface area (Å²) in [5.41, 5.74) is 1.01. The first-order valence-electron chi connectivity index (χ1n) is 7.89. The Morgan fingerprint density at radius 1 is 1.18 bits per heavy atom. The van der Waals surface area contributed by atoms with Crippen molar-refractivity contribution < 1.29 is 14.0 Å². The Morgan fingerprint density at radius 3 is 2.27 bits per heavy atom. The molecule has 0 radical (unpaired) electrons. The van der Waals surface area contributed by atoms with Crippen molar-refractivity contribution in [2.75, 3.05) is 19.0 Å². The molecule has 2 heterocycles. The summed E-state index contributed by atoms with van der Waals surface area (Å²) in [7, 11) is 3.53. The molecular weight excluding hydrogens is 279 g/mol. The van der Waals surface area contributed by atoms with Crippen LogP contribution in [-0.4, -0.2) is 43.5 Å². The number of hydrogen-bond acceptors (Lipinski definition) is 5. The van der Waals surface area contributed by atoms with Crippen LogP contribution in [0.15, 0.2) is 12.3 Å². The summed E-state index contributed by atoms with van der Waals surface area (Å²) in [6, 6.07) is 1.95. The minimum Gasteiger partial charge on any atom is -0.488 e. The molecule has 5 nitrogen and oxygen atoms in total. The second-order valence-corrected chi connectivity index (χ2v) is 7.38. The van der Waals surface area contributed by atoms with Gasteiger partial charge in [-0.3, -0.25) is 4.98 Å². The van der Waals surface area contributed by atoms with Gasteiger partial charge in [-0.25, -0.2) is 0 Å². The Bertz CT molecular complexity index is 555. The van der Waals surface area contributed by atoms with E-state index in [9.17, 15) is 0 Å². The maximum atomic E-state index is 6.07. The van der Waals surface area contributed by atoms with Crippen LogP contribution in [0.5, 0.6) is 5.75 Å². The van der Waals surface area contributed by atoms with Crippen molar-refractivity contribution in [2.24, 2.45) is 0 Å². The maximum absolute atomic E-state index is 6.07. The molecule has 0 spiro atoms. The number of ether oxygens (including phenoxy) is 1. The third-order valence-electron chi connectivity index (χ3n) is 4.66. The van der Waals surface area contributed by atoms with Crippen LogP contribution in [0.3, 0.4) is 0 Å². The van der Waals surface area contributed by atoms with Gasteiger partial charge in [0.2, 0.25) is 0 Å². The van der Waals surface area contributed by atoms with E-state index in [1.54, 1.807) is 0 Å². The lowest BCUT2D eigenvalue weighted by atomic mass is 9.84. The van der Waals surface area contributed by atoms with Gasteiger partial charge >= 0.3 is 7.12 Å². The maximum Gasteiger partial charge on any atom is 0.514 e. The molecule has 3 rings (SSSR count). The first-order chi connectivity index (χ1) is 10.2. The minimum atomic E-state index is -0.456. The Labute approximate surface area is 133 Å². The van der Waals surface area contributed by atoms with Crippen molar-refractivity contribution in [3.05, 3.63) is 12.3 Å². The van der Waals surface area contributed by atoms with Gasteiger partial charge in [0.15, 0.2) is 0 Å². The number of nitrogens with zero attached hydrogens (tertiary/aromatic N) is 2. The van der Waals surface area contributed by atoms with Gasteiger partial charge in [0, 0.05) is 20.2 Å². The fourth-order valence-corrected chi connectivity index (χ4v) is 2.33. The van der Waals surface area contributed by atoms with Crippen molar-refractivity contribution >= 4 is 18.4 Å². The summed E-state index contributed by atoms with van der Waals surface area (Å²) in [5.74, 6) is 0.854. The lowest BCUT2D eigenvalue weighted by Crippen LogP contribution is -2.41.